The van der Waals surface area contributed by atoms with Crippen molar-refractivity contribution in [1.29, 1.82) is 0 Å². The van der Waals surface area contributed by atoms with Crippen molar-refractivity contribution in [3.63, 3.8) is 0 Å². The first-order chi connectivity index (χ1) is 7.26. The van der Waals surface area contributed by atoms with Gasteiger partial charge in [0, 0.05) is 0 Å². The molecule has 1 heterocycles. The van der Waals surface area contributed by atoms with Gasteiger partial charge in [0.2, 0.25) is 0 Å². The molecule has 1 aliphatic rings. The van der Waals surface area contributed by atoms with Gasteiger partial charge in [-0.3, -0.25) is 4.99 Å². The Kier molecular flexibility index (Phi) is 3.96. The molecule has 3 N–H and O–H groups in total. The number of hydrogen-bond acceptors (Lipinski definition) is 4. The van der Waals surface area contributed by atoms with Gasteiger partial charge in [0.25, 0.3) is 0 Å². The summed E-state index contributed by atoms with van der Waals surface area (Å²) in [6.07, 6.45) is 2.27. The van der Waals surface area contributed by atoms with Gasteiger partial charge in [-0.15, -0.1) is 0 Å². The third-order valence-electron chi connectivity index (χ3n) is 2.49. The Bertz CT molecular complexity index is 368. The van der Waals surface area contributed by atoms with Crippen LogP contribution in [0.1, 0.15) is 40.0 Å². The zero-order chi connectivity index (χ0) is 12.4. The molecule has 0 amide bonds. The minimum Gasteiger partial charge on any atom is -0.311 e. The van der Waals surface area contributed by atoms with Gasteiger partial charge in [0.05, 0.1) is 11.3 Å². The molecule has 0 bridgehead atoms. The van der Waals surface area contributed by atoms with Crippen molar-refractivity contribution < 1.29 is 8.42 Å². The zero-order valence-corrected chi connectivity index (χ0v) is 11.0. The van der Waals surface area contributed by atoms with Crippen LogP contribution in [0.15, 0.2) is 4.99 Å². The highest BCUT2D eigenvalue weighted by molar-refractivity contribution is 7.92. The summed E-state index contributed by atoms with van der Waals surface area (Å²) >= 11 is 0. The topological polar surface area (TPSA) is 84.5 Å². The highest BCUT2D eigenvalue weighted by atomic mass is 32.2. The van der Waals surface area contributed by atoms with E-state index < -0.39 is 15.1 Å². The average molecular weight is 247 g/mol. The summed E-state index contributed by atoms with van der Waals surface area (Å²) in [6.45, 7) is 5.75. The van der Waals surface area contributed by atoms with Crippen molar-refractivity contribution in [3.8, 4) is 0 Å². The predicted molar refractivity (Wildman–Crippen MR) is 65.9 cm³/mol. The molecule has 1 unspecified atom stereocenters. The standard InChI is InChI=1S/C10H21N3O2S/c1-10(2,3)12-9(13-11)8-6-4-5-7-16(8,14)15/h8H,4-7,11H2,1-3H3,(H,12,13). The number of hydrogen-bond donors (Lipinski definition) is 2. The van der Waals surface area contributed by atoms with Gasteiger partial charge in [0.15, 0.2) is 9.84 Å². The van der Waals surface area contributed by atoms with Crippen molar-refractivity contribution in [3.05, 3.63) is 0 Å². The molecule has 1 atom stereocenters. The highest BCUT2D eigenvalue weighted by Gasteiger charge is 2.33. The molecule has 5 nitrogen and oxygen atoms in total. The Morgan fingerprint density at radius 1 is 1.38 bits per heavy atom. The molecule has 0 aliphatic carbocycles. The first-order valence-corrected chi connectivity index (χ1v) is 7.26. The number of amidine groups is 1. The molecule has 0 aromatic rings. The lowest BCUT2D eigenvalue weighted by molar-refractivity contribution is 0.551. The molecule has 0 spiro atoms. The van der Waals surface area contributed by atoms with Crippen LogP contribution in [0.3, 0.4) is 0 Å². The van der Waals surface area contributed by atoms with Crippen LogP contribution in [0, 0.1) is 0 Å². The Hall–Kier alpha value is -0.620. The van der Waals surface area contributed by atoms with Gasteiger partial charge in [-0.2, -0.15) is 0 Å². The Labute approximate surface area is 97.4 Å². The van der Waals surface area contributed by atoms with E-state index in [1.165, 1.54) is 0 Å². The zero-order valence-electron chi connectivity index (χ0n) is 10.2. The van der Waals surface area contributed by atoms with E-state index in [2.05, 4.69) is 10.4 Å². The molecule has 1 saturated heterocycles. The normalized spacial score (nSPS) is 26.5. The number of nitrogens with two attached hydrogens (primary N) is 1. The van der Waals surface area contributed by atoms with Crippen LogP contribution in [0.5, 0.6) is 0 Å². The van der Waals surface area contributed by atoms with Crippen molar-refractivity contribution in [2.75, 3.05) is 5.75 Å². The Balaban J connectivity index is 3.01. The van der Waals surface area contributed by atoms with Gasteiger partial charge in [0.1, 0.15) is 11.1 Å². The van der Waals surface area contributed by atoms with Crippen LogP contribution in [0.25, 0.3) is 0 Å². The molecule has 0 radical (unpaired) electrons. The lowest BCUT2D eigenvalue weighted by atomic mass is 10.1. The van der Waals surface area contributed by atoms with Crippen LogP contribution in [-0.4, -0.2) is 30.8 Å². The number of aliphatic imine (C=N–C) groups is 1. The van der Waals surface area contributed by atoms with E-state index in [0.717, 1.165) is 12.8 Å². The number of nitrogens with zero attached hydrogens (tertiary/aromatic N) is 1. The quantitative estimate of drug-likeness (QED) is 0.308. The smallest absolute Gasteiger partial charge is 0.160 e. The van der Waals surface area contributed by atoms with E-state index in [-0.39, 0.29) is 11.3 Å². The van der Waals surface area contributed by atoms with E-state index >= 15 is 0 Å². The van der Waals surface area contributed by atoms with Crippen molar-refractivity contribution in [2.45, 2.75) is 50.8 Å². The Morgan fingerprint density at radius 2 is 2.00 bits per heavy atom. The minimum atomic E-state index is -3.08. The lowest BCUT2D eigenvalue weighted by Crippen LogP contribution is -2.46. The number of nitrogens with one attached hydrogen (secondary N) is 1. The van der Waals surface area contributed by atoms with Gasteiger partial charge in [-0.05, 0) is 33.6 Å². The third kappa shape index (κ3) is 3.45. The second kappa shape index (κ2) is 4.71. The van der Waals surface area contributed by atoms with Crippen LogP contribution in [0.2, 0.25) is 0 Å². The molecule has 0 aromatic carbocycles. The Morgan fingerprint density at radius 3 is 2.44 bits per heavy atom. The predicted octanol–water partition coefficient (Wildman–Crippen LogP) is 0.614. The number of rotatable bonds is 1. The lowest BCUT2D eigenvalue weighted by Gasteiger charge is -2.25. The van der Waals surface area contributed by atoms with Gasteiger partial charge in [-0.1, -0.05) is 6.42 Å². The molecule has 16 heavy (non-hydrogen) atoms. The molecule has 1 fully saturated rings. The molecule has 1 rings (SSSR count). The van der Waals surface area contributed by atoms with E-state index in [9.17, 15) is 8.42 Å². The monoisotopic (exact) mass is 247 g/mol. The summed E-state index contributed by atoms with van der Waals surface area (Å²) in [5, 5.41) is -0.550. The van der Waals surface area contributed by atoms with Gasteiger partial charge in [-0.25, -0.2) is 14.3 Å². The van der Waals surface area contributed by atoms with Gasteiger partial charge < -0.3 is 5.43 Å². The first-order valence-electron chi connectivity index (χ1n) is 5.54. The van der Waals surface area contributed by atoms with Crippen molar-refractivity contribution >= 4 is 15.7 Å². The number of sulfone groups is 1. The van der Waals surface area contributed by atoms with E-state index in [1.807, 2.05) is 20.8 Å². The van der Waals surface area contributed by atoms with Crippen LogP contribution >= 0.6 is 0 Å². The summed E-state index contributed by atoms with van der Waals surface area (Å²) in [4.78, 5) is 4.35. The fraction of sp³-hybridized carbons (Fsp3) is 0.900. The van der Waals surface area contributed by atoms with E-state index in [0.29, 0.717) is 12.3 Å². The molecular weight excluding hydrogens is 226 g/mol. The minimum absolute atomic E-state index is 0.239. The van der Waals surface area contributed by atoms with E-state index in [1.54, 1.807) is 0 Å². The van der Waals surface area contributed by atoms with Crippen molar-refractivity contribution in [1.82, 2.24) is 5.43 Å². The maximum atomic E-state index is 11.9. The van der Waals surface area contributed by atoms with Gasteiger partial charge >= 0.3 is 0 Å². The average Bonchev–Trinajstić information content (AvgIpc) is 2.12. The third-order valence-corrected chi connectivity index (χ3v) is 4.67. The van der Waals surface area contributed by atoms with E-state index in [4.69, 9.17) is 5.84 Å². The summed E-state index contributed by atoms with van der Waals surface area (Å²) in [7, 11) is -3.08. The molecule has 1 aliphatic heterocycles. The molecule has 0 saturated carbocycles. The molecule has 0 aromatic heterocycles. The van der Waals surface area contributed by atoms with Crippen LogP contribution in [0.4, 0.5) is 0 Å². The summed E-state index contributed by atoms with van der Waals surface area (Å²) in [5.41, 5.74) is 2.13. The second-order valence-corrected chi connectivity index (χ2v) is 7.47. The van der Waals surface area contributed by atoms with Crippen LogP contribution in [-0.2, 0) is 9.84 Å². The summed E-state index contributed by atoms with van der Waals surface area (Å²) in [5.74, 6) is 6.02. The SMILES string of the molecule is CC(C)(C)N=C(NN)C1CCCCS1(=O)=O. The highest BCUT2D eigenvalue weighted by Crippen LogP contribution is 2.21. The maximum absolute atomic E-state index is 11.9. The number of hydrazine groups is 1. The fourth-order valence-corrected chi connectivity index (χ4v) is 3.70. The van der Waals surface area contributed by atoms with Crippen LogP contribution < -0.4 is 11.3 Å². The second-order valence-electron chi connectivity index (χ2n) is 5.16. The maximum Gasteiger partial charge on any atom is 0.160 e. The first kappa shape index (κ1) is 13.4. The summed E-state index contributed by atoms with van der Waals surface area (Å²) < 4.78 is 23.8. The molecule has 94 valence electrons. The summed E-state index contributed by atoms with van der Waals surface area (Å²) in [6, 6.07) is 0. The fourth-order valence-electron chi connectivity index (χ4n) is 1.82. The molecule has 6 heteroatoms. The molecular formula is C10H21N3O2S. The largest absolute Gasteiger partial charge is 0.311 e. The van der Waals surface area contributed by atoms with Crippen molar-refractivity contribution in [2.24, 2.45) is 10.8 Å².